The molecule has 1 unspecified atom stereocenters. The van der Waals surface area contributed by atoms with Gasteiger partial charge in [0.05, 0.1) is 26.5 Å². The van der Waals surface area contributed by atoms with Gasteiger partial charge in [0.2, 0.25) is 5.91 Å². The zero-order chi connectivity index (χ0) is 21.5. The van der Waals surface area contributed by atoms with Gasteiger partial charge < -0.3 is 10.2 Å². The van der Waals surface area contributed by atoms with Crippen LogP contribution in [0.15, 0.2) is 36.4 Å². The molecule has 0 saturated carbocycles. The standard InChI is InChI=1S/C23H26Cl4N2O/c24-19-7-5-16(12-21(19)26)11-18(15-29-9-3-1-2-4-10-29)28-23(30)14-17-6-8-20(25)22(27)13-17/h5-8,12-13,18H,1-4,9-11,14-15H2,(H,28,30). The second kappa shape index (κ2) is 11.6. The molecule has 3 rings (SSSR count). The Morgan fingerprint density at radius 3 is 2.00 bits per heavy atom. The summed E-state index contributed by atoms with van der Waals surface area (Å²) in [5.41, 5.74) is 1.89. The van der Waals surface area contributed by atoms with Crippen molar-refractivity contribution in [1.82, 2.24) is 10.2 Å². The van der Waals surface area contributed by atoms with Crippen molar-refractivity contribution in [2.24, 2.45) is 0 Å². The fourth-order valence-electron chi connectivity index (χ4n) is 3.86. The van der Waals surface area contributed by atoms with Crippen LogP contribution in [0.2, 0.25) is 20.1 Å². The molecule has 1 amide bonds. The molecule has 1 aliphatic rings. The summed E-state index contributed by atoms with van der Waals surface area (Å²) in [6.45, 7) is 2.95. The molecule has 0 bridgehead atoms. The van der Waals surface area contributed by atoms with Crippen molar-refractivity contribution in [1.29, 1.82) is 0 Å². The Morgan fingerprint density at radius 2 is 1.40 bits per heavy atom. The highest BCUT2D eigenvalue weighted by Gasteiger charge is 2.19. The molecule has 0 radical (unpaired) electrons. The van der Waals surface area contributed by atoms with Gasteiger partial charge in [-0.3, -0.25) is 4.79 Å². The van der Waals surface area contributed by atoms with Gasteiger partial charge in [0, 0.05) is 12.6 Å². The predicted molar refractivity (Wildman–Crippen MR) is 127 cm³/mol. The molecule has 162 valence electrons. The lowest BCUT2D eigenvalue weighted by molar-refractivity contribution is -0.121. The topological polar surface area (TPSA) is 32.3 Å². The molecule has 1 atom stereocenters. The van der Waals surface area contributed by atoms with Crippen molar-refractivity contribution in [3.63, 3.8) is 0 Å². The van der Waals surface area contributed by atoms with E-state index >= 15 is 0 Å². The van der Waals surface area contributed by atoms with E-state index < -0.39 is 0 Å². The van der Waals surface area contributed by atoms with E-state index in [0.717, 1.165) is 30.8 Å². The van der Waals surface area contributed by atoms with Gasteiger partial charge in [-0.2, -0.15) is 0 Å². The molecule has 0 spiro atoms. The third kappa shape index (κ3) is 7.32. The number of nitrogens with one attached hydrogen (secondary N) is 1. The van der Waals surface area contributed by atoms with Crippen LogP contribution in [0.5, 0.6) is 0 Å². The molecule has 0 aliphatic carbocycles. The Morgan fingerprint density at radius 1 is 0.833 bits per heavy atom. The Balaban J connectivity index is 1.69. The van der Waals surface area contributed by atoms with Crippen LogP contribution in [-0.2, 0) is 17.6 Å². The first-order valence-electron chi connectivity index (χ1n) is 10.3. The number of hydrogen-bond donors (Lipinski definition) is 1. The van der Waals surface area contributed by atoms with Crippen molar-refractivity contribution >= 4 is 52.3 Å². The Bertz CT molecular complexity index is 866. The van der Waals surface area contributed by atoms with Crippen molar-refractivity contribution < 1.29 is 4.79 Å². The van der Waals surface area contributed by atoms with Gasteiger partial charge >= 0.3 is 0 Å². The normalized spacial score (nSPS) is 16.1. The molecule has 1 heterocycles. The van der Waals surface area contributed by atoms with Gasteiger partial charge in [-0.25, -0.2) is 0 Å². The van der Waals surface area contributed by atoms with Crippen LogP contribution in [0.1, 0.15) is 36.8 Å². The maximum Gasteiger partial charge on any atom is 0.224 e. The SMILES string of the molecule is O=C(Cc1ccc(Cl)c(Cl)c1)NC(Cc1ccc(Cl)c(Cl)c1)CN1CCCCCC1. The molecule has 2 aromatic rings. The number of amides is 1. The van der Waals surface area contributed by atoms with Crippen LogP contribution in [-0.4, -0.2) is 36.5 Å². The first-order chi connectivity index (χ1) is 14.4. The van der Waals surface area contributed by atoms with Gasteiger partial charge in [0.1, 0.15) is 0 Å². The molecule has 1 saturated heterocycles. The first-order valence-corrected chi connectivity index (χ1v) is 11.8. The summed E-state index contributed by atoms with van der Waals surface area (Å²) in [5.74, 6) is -0.0340. The summed E-state index contributed by atoms with van der Waals surface area (Å²) in [5, 5.41) is 5.23. The number of halogens is 4. The highest BCUT2D eigenvalue weighted by Crippen LogP contribution is 2.24. The van der Waals surface area contributed by atoms with Gasteiger partial charge in [-0.1, -0.05) is 71.4 Å². The third-order valence-corrected chi connectivity index (χ3v) is 6.84. The van der Waals surface area contributed by atoms with Crippen molar-refractivity contribution in [2.45, 2.75) is 44.6 Å². The van der Waals surface area contributed by atoms with Gasteiger partial charge in [0.25, 0.3) is 0 Å². The smallest absolute Gasteiger partial charge is 0.224 e. The quantitative estimate of drug-likeness (QED) is 0.486. The Labute approximate surface area is 198 Å². The number of hydrogen-bond acceptors (Lipinski definition) is 2. The number of rotatable bonds is 7. The number of nitrogens with zero attached hydrogens (tertiary/aromatic N) is 1. The van der Waals surface area contributed by atoms with Crippen molar-refractivity contribution in [3.8, 4) is 0 Å². The summed E-state index contributed by atoms with van der Waals surface area (Å²) in [4.78, 5) is 15.2. The molecule has 2 aromatic carbocycles. The van der Waals surface area contributed by atoms with Gasteiger partial charge in [0.15, 0.2) is 0 Å². The number of likely N-dealkylation sites (tertiary alicyclic amines) is 1. The molecule has 1 N–H and O–H groups in total. The van der Waals surface area contributed by atoms with E-state index in [1.165, 1.54) is 25.7 Å². The lowest BCUT2D eigenvalue weighted by Gasteiger charge is -2.27. The van der Waals surface area contributed by atoms with Crippen LogP contribution < -0.4 is 5.32 Å². The van der Waals surface area contributed by atoms with Crippen LogP contribution in [0.4, 0.5) is 0 Å². The molecule has 7 heteroatoms. The summed E-state index contributed by atoms with van der Waals surface area (Å²) >= 11 is 24.3. The lowest BCUT2D eigenvalue weighted by atomic mass is 10.0. The summed E-state index contributed by atoms with van der Waals surface area (Å²) in [6, 6.07) is 10.9. The Kier molecular flexibility index (Phi) is 9.15. The molecule has 30 heavy (non-hydrogen) atoms. The summed E-state index contributed by atoms with van der Waals surface area (Å²) in [6.07, 6.45) is 5.91. The van der Waals surface area contributed by atoms with E-state index in [4.69, 9.17) is 46.4 Å². The summed E-state index contributed by atoms with van der Waals surface area (Å²) in [7, 11) is 0. The van der Waals surface area contributed by atoms with Crippen molar-refractivity contribution in [3.05, 3.63) is 67.6 Å². The maximum atomic E-state index is 12.8. The molecule has 3 nitrogen and oxygen atoms in total. The minimum absolute atomic E-state index is 0.0179. The molecule has 1 aliphatic heterocycles. The van der Waals surface area contributed by atoms with E-state index in [0.29, 0.717) is 26.5 Å². The second-order valence-corrected chi connectivity index (χ2v) is 9.49. The minimum Gasteiger partial charge on any atom is -0.351 e. The number of carbonyl (C=O) groups is 1. The molecule has 0 aromatic heterocycles. The van der Waals surface area contributed by atoms with E-state index in [9.17, 15) is 4.79 Å². The summed E-state index contributed by atoms with van der Waals surface area (Å²) < 4.78 is 0. The van der Waals surface area contributed by atoms with E-state index in [1.54, 1.807) is 18.2 Å². The third-order valence-electron chi connectivity index (χ3n) is 5.36. The van der Waals surface area contributed by atoms with Crippen molar-refractivity contribution in [2.75, 3.05) is 19.6 Å². The highest BCUT2D eigenvalue weighted by molar-refractivity contribution is 6.42. The zero-order valence-electron chi connectivity index (χ0n) is 16.8. The monoisotopic (exact) mass is 486 g/mol. The molecular formula is C23H26Cl4N2O. The van der Waals surface area contributed by atoms with Crippen LogP contribution in [0, 0.1) is 0 Å². The lowest BCUT2D eigenvalue weighted by Crippen LogP contribution is -2.45. The van der Waals surface area contributed by atoms with Crippen LogP contribution in [0.3, 0.4) is 0 Å². The maximum absolute atomic E-state index is 12.8. The average Bonchev–Trinajstić information content (AvgIpc) is 2.96. The largest absolute Gasteiger partial charge is 0.351 e. The zero-order valence-corrected chi connectivity index (χ0v) is 19.8. The molecule has 1 fully saturated rings. The van der Waals surface area contributed by atoms with Crippen LogP contribution >= 0.6 is 46.4 Å². The van der Waals surface area contributed by atoms with Gasteiger partial charge in [-0.05, 0) is 67.7 Å². The molecular weight excluding hydrogens is 462 g/mol. The first kappa shape index (κ1) is 23.7. The number of carbonyl (C=O) groups excluding carboxylic acids is 1. The fourth-order valence-corrected chi connectivity index (χ4v) is 4.50. The fraction of sp³-hybridized carbons (Fsp3) is 0.435. The van der Waals surface area contributed by atoms with E-state index in [1.807, 2.05) is 18.2 Å². The van der Waals surface area contributed by atoms with Gasteiger partial charge in [-0.15, -0.1) is 0 Å². The Hall–Kier alpha value is -0.970. The van der Waals surface area contributed by atoms with E-state index in [2.05, 4.69) is 10.2 Å². The van der Waals surface area contributed by atoms with Crippen LogP contribution in [0.25, 0.3) is 0 Å². The average molecular weight is 488 g/mol. The second-order valence-electron chi connectivity index (χ2n) is 7.86. The number of benzene rings is 2. The highest BCUT2D eigenvalue weighted by atomic mass is 35.5. The van der Waals surface area contributed by atoms with E-state index in [-0.39, 0.29) is 18.4 Å². The predicted octanol–water partition coefficient (Wildman–Crippen LogP) is 6.45. The minimum atomic E-state index is -0.0340.